The number of alkyl halides is 7. The molecule has 0 aliphatic heterocycles. The first-order chi connectivity index (χ1) is 9.50. The van der Waals surface area contributed by atoms with Gasteiger partial charge in [0.2, 0.25) is 3.79 Å². The summed E-state index contributed by atoms with van der Waals surface area (Å²) >= 11 is 42.3. The molecule has 1 aromatic rings. The molecule has 1 aliphatic rings. The normalized spacial score (nSPS) is 23.8. The molecule has 0 heterocycles. The van der Waals surface area contributed by atoms with Crippen LogP contribution >= 0.6 is 81.2 Å². The molecule has 0 spiro atoms. The minimum atomic E-state index is -2.11. The number of aliphatic hydroxyl groups is 1. The zero-order valence-electron chi connectivity index (χ0n) is 10.5. The molecule has 118 valence electrons. The predicted octanol–water partition coefficient (Wildman–Crippen LogP) is 6.00. The van der Waals surface area contributed by atoms with E-state index in [0.717, 1.165) is 11.1 Å². The summed E-state index contributed by atoms with van der Waals surface area (Å²) in [4.78, 5) is 0. The van der Waals surface area contributed by atoms with Gasteiger partial charge in [-0.25, -0.2) is 0 Å². The molecule has 0 bridgehead atoms. The van der Waals surface area contributed by atoms with E-state index >= 15 is 0 Å². The van der Waals surface area contributed by atoms with E-state index in [1.807, 2.05) is 18.2 Å². The third-order valence-electron chi connectivity index (χ3n) is 3.72. The second kappa shape index (κ2) is 6.26. The smallest absolute Gasteiger partial charge is 0.226 e. The molecular weight excluding hydrogens is 420 g/mol. The van der Waals surface area contributed by atoms with E-state index in [4.69, 9.17) is 81.2 Å². The number of fused-ring (bicyclic) bond motifs is 1. The van der Waals surface area contributed by atoms with Crippen molar-refractivity contribution in [3.8, 4) is 0 Å². The lowest BCUT2D eigenvalue weighted by molar-refractivity contribution is 0.0806. The van der Waals surface area contributed by atoms with Crippen LogP contribution in [0.3, 0.4) is 0 Å². The summed E-state index contributed by atoms with van der Waals surface area (Å²) in [5, 5.41) is 10.6. The second-order valence-electron chi connectivity index (χ2n) is 4.98. The Morgan fingerprint density at radius 3 is 2.10 bits per heavy atom. The Labute approximate surface area is 158 Å². The lowest BCUT2D eigenvalue weighted by Crippen LogP contribution is -2.53. The van der Waals surface area contributed by atoms with Crippen LogP contribution in [-0.4, -0.2) is 17.6 Å². The third-order valence-corrected chi connectivity index (χ3v) is 7.83. The van der Waals surface area contributed by atoms with E-state index in [9.17, 15) is 5.11 Å². The fraction of sp³-hybridized carbons (Fsp3) is 0.538. The van der Waals surface area contributed by atoms with Crippen LogP contribution in [0.25, 0.3) is 0 Å². The van der Waals surface area contributed by atoms with Crippen LogP contribution < -0.4 is 0 Å². The highest BCUT2D eigenvalue weighted by Crippen LogP contribution is 2.61. The summed E-state index contributed by atoms with van der Waals surface area (Å²) < 4.78 is -6.06. The van der Waals surface area contributed by atoms with Crippen LogP contribution in [0.2, 0.25) is 0 Å². The van der Waals surface area contributed by atoms with E-state index < -0.39 is 24.5 Å². The topological polar surface area (TPSA) is 20.2 Å². The quantitative estimate of drug-likeness (QED) is 0.570. The average molecular weight is 431 g/mol. The largest absolute Gasteiger partial charge is 0.388 e. The lowest BCUT2D eigenvalue weighted by atomic mass is 9.78. The molecule has 21 heavy (non-hydrogen) atoms. The summed E-state index contributed by atoms with van der Waals surface area (Å²) in [5.74, 6) is -0.679. The monoisotopic (exact) mass is 428 g/mol. The van der Waals surface area contributed by atoms with Gasteiger partial charge >= 0.3 is 0 Å². The van der Waals surface area contributed by atoms with Gasteiger partial charge < -0.3 is 5.11 Å². The van der Waals surface area contributed by atoms with Crippen molar-refractivity contribution in [2.24, 2.45) is 5.92 Å². The van der Waals surface area contributed by atoms with Gasteiger partial charge in [-0.3, -0.25) is 0 Å². The van der Waals surface area contributed by atoms with Gasteiger partial charge in [0.1, 0.15) is 0 Å². The predicted molar refractivity (Wildman–Crippen MR) is 92.4 cm³/mol. The molecule has 1 N–H and O–H groups in total. The Morgan fingerprint density at radius 2 is 1.52 bits per heavy atom. The first kappa shape index (κ1) is 18.5. The summed E-state index contributed by atoms with van der Waals surface area (Å²) in [5.41, 5.74) is 1.75. The van der Waals surface area contributed by atoms with Gasteiger partial charge in [-0.05, 0) is 24.0 Å². The summed E-state index contributed by atoms with van der Waals surface area (Å²) in [7, 11) is 0. The number of benzene rings is 1. The molecule has 0 saturated carbocycles. The van der Waals surface area contributed by atoms with Gasteiger partial charge in [0.15, 0.2) is 8.67 Å². The highest BCUT2D eigenvalue weighted by Gasteiger charge is 2.64. The van der Waals surface area contributed by atoms with Crippen LogP contribution in [0.5, 0.6) is 0 Å². The number of rotatable bonds is 2. The third kappa shape index (κ3) is 3.23. The van der Waals surface area contributed by atoms with E-state index in [1.54, 1.807) is 6.07 Å². The fourth-order valence-electron chi connectivity index (χ4n) is 2.54. The maximum atomic E-state index is 10.6. The molecule has 2 atom stereocenters. The summed E-state index contributed by atoms with van der Waals surface area (Å²) in [6.45, 7) is 0. The zero-order valence-corrected chi connectivity index (χ0v) is 15.8. The van der Waals surface area contributed by atoms with Crippen LogP contribution in [0, 0.1) is 5.92 Å². The van der Waals surface area contributed by atoms with E-state index in [2.05, 4.69) is 0 Å². The molecular formula is C13H11Cl7O. The van der Waals surface area contributed by atoms with Crippen LogP contribution in [0.4, 0.5) is 0 Å². The maximum Gasteiger partial charge on any atom is 0.226 e. The van der Waals surface area contributed by atoms with Crippen molar-refractivity contribution in [2.45, 2.75) is 31.4 Å². The van der Waals surface area contributed by atoms with Crippen molar-refractivity contribution >= 4 is 81.2 Å². The van der Waals surface area contributed by atoms with Crippen LogP contribution in [0.1, 0.15) is 23.7 Å². The highest BCUT2D eigenvalue weighted by molar-refractivity contribution is 6.78. The van der Waals surface area contributed by atoms with Gasteiger partial charge in [0.05, 0.1) is 6.10 Å². The Kier molecular flexibility index (Phi) is 5.53. The molecule has 2 unspecified atom stereocenters. The summed E-state index contributed by atoms with van der Waals surface area (Å²) in [6, 6.07) is 7.45. The van der Waals surface area contributed by atoms with Crippen molar-refractivity contribution in [3.05, 3.63) is 35.4 Å². The van der Waals surface area contributed by atoms with Gasteiger partial charge in [0.25, 0.3) is 0 Å². The lowest BCUT2D eigenvalue weighted by Gasteiger charge is -2.45. The number of aliphatic hydroxyl groups excluding tert-OH is 1. The van der Waals surface area contributed by atoms with Crippen molar-refractivity contribution in [3.63, 3.8) is 0 Å². The Balaban J connectivity index is 2.39. The molecule has 1 nitrogen and oxygen atoms in total. The first-order valence-electron chi connectivity index (χ1n) is 6.08. The molecule has 0 saturated heterocycles. The van der Waals surface area contributed by atoms with Gasteiger partial charge in [-0.1, -0.05) is 105 Å². The number of hydrogen-bond acceptors (Lipinski definition) is 1. The molecule has 0 fully saturated rings. The molecule has 2 rings (SSSR count). The second-order valence-corrected chi connectivity index (χ2v) is 9.98. The van der Waals surface area contributed by atoms with Crippen molar-refractivity contribution < 1.29 is 5.11 Å². The minimum Gasteiger partial charge on any atom is -0.388 e. The van der Waals surface area contributed by atoms with Crippen molar-refractivity contribution in [2.75, 3.05) is 0 Å². The molecule has 1 aliphatic carbocycles. The van der Waals surface area contributed by atoms with E-state index in [0.29, 0.717) is 12.8 Å². The molecule has 0 amide bonds. The van der Waals surface area contributed by atoms with Crippen molar-refractivity contribution in [1.29, 1.82) is 0 Å². The Bertz CT molecular complexity index is 523. The van der Waals surface area contributed by atoms with E-state index in [1.165, 1.54) is 0 Å². The Hall–Kier alpha value is 1.21. The van der Waals surface area contributed by atoms with Crippen molar-refractivity contribution in [1.82, 2.24) is 0 Å². The van der Waals surface area contributed by atoms with E-state index in [-0.39, 0.29) is 0 Å². The molecule has 0 radical (unpaired) electrons. The zero-order chi connectivity index (χ0) is 16.1. The highest BCUT2D eigenvalue weighted by atomic mass is 35.6. The average Bonchev–Trinajstić information content (AvgIpc) is 2.37. The maximum absolute atomic E-state index is 10.6. The first-order valence-corrected chi connectivity index (χ1v) is 8.73. The van der Waals surface area contributed by atoms with Crippen LogP contribution in [-0.2, 0) is 6.42 Å². The standard InChI is InChI=1S/C13H11Cl7O/c14-11(15,12(16,17)13(18,19)20)9-6-5-7-3-1-2-4-8(7)10(9)21/h1-4,9-10,21H,5-6H2. The number of halogens is 7. The number of aryl methyl sites for hydroxylation is 1. The van der Waals surface area contributed by atoms with Gasteiger partial charge in [-0.15, -0.1) is 0 Å². The molecule has 1 aromatic carbocycles. The van der Waals surface area contributed by atoms with Crippen LogP contribution in [0.15, 0.2) is 24.3 Å². The minimum absolute atomic E-state index is 0.465. The summed E-state index contributed by atoms with van der Waals surface area (Å²) in [6.07, 6.45) is 0.185. The molecule has 8 heteroatoms. The number of hydrogen-bond donors (Lipinski definition) is 1. The van der Waals surface area contributed by atoms with Gasteiger partial charge in [-0.2, -0.15) is 0 Å². The fourth-order valence-corrected chi connectivity index (χ4v) is 4.30. The van der Waals surface area contributed by atoms with Gasteiger partial charge in [0, 0.05) is 5.92 Å². The Morgan fingerprint density at radius 1 is 0.952 bits per heavy atom. The SMILES string of the molecule is OC1c2ccccc2CCC1C(Cl)(Cl)C(Cl)(Cl)C(Cl)(Cl)Cl. The molecule has 0 aromatic heterocycles.